The van der Waals surface area contributed by atoms with Crippen LogP contribution >= 0.6 is 0 Å². The van der Waals surface area contributed by atoms with Crippen LogP contribution < -0.4 is 10.2 Å². The Kier molecular flexibility index (Phi) is 5.93. The first kappa shape index (κ1) is 19.4. The van der Waals surface area contributed by atoms with Gasteiger partial charge < -0.3 is 9.47 Å². The van der Waals surface area contributed by atoms with Crippen molar-refractivity contribution in [2.24, 2.45) is 0 Å². The number of carbonyl (C=O) groups is 3. The molecule has 2 atom stereocenters. The molecule has 0 bridgehead atoms. The van der Waals surface area contributed by atoms with Crippen molar-refractivity contribution < 1.29 is 23.9 Å². The Morgan fingerprint density at radius 3 is 2.39 bits per heavy atom. The molecule has 0 radical (unpaired) electrons. The molecule has 0 aliphatic carbocycles. The van der Waals surface area contributed by atoms with E-state index in [4.69, 9.17) is 9.47 Å². The lowest BCUT2D eigenvalue weighted by molar-refractivity contribution is -0.153. The molecule has 1 aliphatic rings. The van der Waals surface area contributed by atoms with E-state index in [9.17, 15) is 14.4 Å². The Morgan fingerprint density at radius 1 is 1.11 bits per heavy atom. The second kappa shape index (κ2) is 8.56. The van der Waals surface area contributed by atoms with E-state index in [1.165, 1.54) is 0 Å². The fourth-order valence-corrected chi connectivity index (χ4v) is 3.28. The largest absolute Gasteiger partial charge is 0.497 e. The molecule has 7 nitrogen and oxygen atoms in total. The number of methoxy groups -OCH3 is 1. The number of carbonyl (C=O) groups excluding carboxylic acids is 3. The van der Waals surface area contributed by atoms with Crippen molar-refractivity contribution in [2.75, 3.05) is 13.7 Å². The lowest BCUT2D eigenvalue weighted by Gasteiger charge is -2.26. The highest BCUT2D eigenvalue weighted by molar-refractivity contribution is 5.97. The van der Waals surface area contributed by atoms with Gasteiger partial charge in [-0.15, -0.1) is 0 Å². The van der Waals surface area contributed by atoms with Gasteiger partial charge in [-0.25, -0.2) is 9.80 Å². The average Bonchev–Trinajstić information content (AvgIpc) is 3.05. The zero-order valence-corrected chi connectivity index (χ0v) is 15.8. The van der Waals surface area contributed by atoms with E-state index in [1.807, 2.05) is 12.1 Å². The number of rotatable bonds is 6. The Balaban J connectivity index is 1.88. The van der Waals surface area contributed by atoms with Crippen LogP contribution in [-0.4, -0.2) is 42.6 Å². The number of nitrogens with one attached hydrogen (secondary N) is 1. The van der Waals surface area contributed by atoms with Gasteiger partial charge in [-0.1, -0.05) is 30.3 Å². The van der Waals surface area contributed by atoms with Crippen LogP contribution in [0, 0.1) is 0 Å². The van der Waals surface area contributed by atoms with E-state index in [1.54, 1.807) is 56.5 Å². The second-order valence-corrected chi connectivity index (χ2v) is 6.35. The molecule has 0 unspecified atom stereocenters. The molecule has 146 valence electrons. The first-order chi connectivity index (χ1) is 13.5. The summed E-state index contributed by atoms with van der Waals surface area (Å²) in [5, 5.41) is 1.10. The van der Waals surface area contributed by atoms with Gasteiger partial charge in [-0.3, -0.25) is 15.0 Å². The highest BCUT2D eigenvalue weighted by Gasteiger charge is 2.47. The second-order valence-electron chi connectivity index (χ2n) is 6.35. The fraction of sp³-hybridized carbons (Fsp3) is 0.286. The van der Waals surface area contributed by atoms with Crippen molar-refractivity contribution in [1.29, 1.82) is 0 Å². The molecule has 0 aromatic heterocycles. The summed E-state index contributed by atoms with van der Waals surface area (Å²) in [6.07, 6.45) is 0.0882. The maximum atomic E-state index is 12.6. The molecule has 2 aromatic carbocycles. The highest BCUT2D eigenvalue weighted by atomic mass is 16.5. The third kappa shape index (κ3) is 3.98. The van der Waals surface area contributed by atoms with Crippen LogP contribution in [0.1, 0.15) is 35.2 Å². The van der Waals surface area contributed by atoms with Crippen LogP contribution in [0.25, 0.3) is 0 Å². The van der Waals surface area contributed by atoms with E-state index < -0.39 is 23.8 Å². The molecule has 1 heterocycles. The summed E-state index contributed by atoms with van der Waals surface area (Å²) in [6, 6.07) is 14.7. The van der Waals surface area contributed by atoms with Gasteiger partial charge in [0.05, 0.1) is 13.7 Å². The zero-order chi connectivity index (χ0) is 20.1. The molecular formula is C21H22N2O5. The highest BCUT2D eigenvalue weighted by Crippen LogP contribution is 2.35. The number of benzene rings is 2. The first-order valence-electron chi connectivity index (χ1n) is 9.03. The minimum absolute atomic E-state index is 0.0882. The average molecular weight is 382 g/mol. The molecule has 1 saturated heterocycles. The summed E-state index contributed by atoms with van der Waals surface area (Å²) in [5.74, 6) is -1.12. The SMILES string of the molecule is CCOC(=O)[C@H]1[C@H](c2ccc(OC)cc2)CC(=O)N1NC(=O)c1ccccc1. The summed E-state index contributed by atoms with van der Waals surface area (Å²) in [6.45, 7) is 1.88. The smallest absolute Gasteiger partial charge is 0.331 e. The number of esters is 1. The Hall–Kier alpha value is -3.35. The zero-order valence-electron chi connectivity index (χ0n) is 15.8. The van der Waals surface area contributed by atoms with Gasteiger partial charge in [0, 0.05) is 17.9 Å². The van der Waals surface area contributed by atoms with Gasteiger partial charge >= 0.3 is 5.97 Å². The molecule has 7 heteroatoms. The number of nitrogens with zero attached hydrogens (tertiary/aromatic N) is 1. The summed E-state index contributed by atoms with van der Waals surface area (Å²) in [4.78, 5) is 37.8. The summed E-state index contributed by atoms with van der Waals surface area (Å²) < 4.78 is 10.3. The minimum atomic E-state index is -0.937. The van der Waals surface area contributed by atoms with Crippen molar-refractivity contribution in [3.8, 4) is 5.75 Å². The van der Waals surface area contributed by atoms with E-state index in [0.29, 0.717) is 11.3 Å². The lowest BCUT2D eigenvalue weighted by atomic mass is 9.91. The van der Waals surface area contributed by atoms with E-state index in [2.05, 4.69) is 5.43 Å². The van der Waals surface area contributed by atoms with Crippen LogP contribution in [0.2, 0.25) is 0 Å². The molecule has 1 N–H and O–H groups in total. The monoisotopic (exact) mass is 382 g/mol. The maximum absolute atomic E-state index is 12.6. The summed E-state index contributed by atoms with van der Waals surface area (Å²) >= 11 is 0. The summed E-state index contributed by atoms with van der Waals surface area (Å²) in [7, 11) is 1.57. The van der Waals surface area contributed by atoms with Gasteiger partial charge in [0.25, 0.3) is 5.91 Å². The van der Waals surface area contributed by atoms with Crippen LogP contribution in [-0.2, 0) is 14.3 Å². The van der Waals surface area contributed by atoms with Gasteiger partial charge in [0.15, 0.2) is 6.04 Å². The number of hydrazine groups is 1. The third-order valence-corrected chi connectivity index (χ3v) is 4.65. The van der Waals surface area contributed by atoms with Crippen LogP contribution in [0.5, 0.6) is 5.75 Å². The van der Waals surface area contributed by atoms with E-state index in [0.717, 1.165) is 10.6 Å². The number of hydrogen-bond donors (Lipinski definition) is 1. The quantitative estimate of drug-likeness (QED) is 0.775. The Morgan fingerprint density at radius 2 is 1.79 bits per heavy atom. The van der Waals surface area contributed by atoms with Crippen molar-refractivity contribution >= 4 is 17.8 Å². The molecule has 28 heavy (non-hydrogen) atoms. The van der Waals surface area contributed by atoms with Gasteiger partial charge in [-0.05, 0) is 36.8 Å². The van der Waals surface area contributed by atoms with E-state index >= 15 is 0 Å². The van der Waals surface area contributed by atoms with E-state index in [-0.39, 0.29) is 18.9 Å². The number of hydrogen-bond acceptors (Lipinski definition) is 5. The maximum Gasteiger partial charge on any atom is 0.331 e. The molecule has 3 rings (SSSR count). The predicted octanol–water partition coefficient (Wildman–Crippen LogP) is 2.29. The standard InChI is InChI=1S/C21H22N2O5/c1-3-28-21(26)19-17(14-9-11-16(27-2)12-10-14)13-18(24)23(19)22-20(25)15-7-5-4-6-8-15/h4-12,17,19H,3,13H2,1-2H3,(H,22,25)/t17-,19+/m0/s1. The molecule has 2 amide bonds. The molecule has 2 aromatic rings. The fourth-order valence-electron chi connectivity index (χ4n) is 3.28. The van der Waals surface area contributed by atoms with Crippen molar-refractivity contribution in [2.45, 2.75) is 25.3 Å². The molecule has 1 fully saturated rings. The van der Waals surface area contributed by atoms with Crippen LogP contribution in [0.15, 0.2) is 54.6 Å². The van der Waals surface area contributed by atoms with Crippen molar-refractivity contribution in [3.05, 3.63) is 65.7 Å². The van der Waals surface area contributed by atoms with Crippen LogP contribution in [0.4, 0.5) is 0 Å². The topological polar surface area (TPSA) is 84.9 Å². The van der Waals surface area contributed by atoms with Crippen molar-refractivity contribution in [3.63, 3.8) is 0 Å². The summed E-state index contributed by atoms with van der Waals surface area (Å²) in [5.41, 5.74) is 3.77. The number of amides is 2. The predicted molar refractivity (Wildman–Crippen MR) is 102 cm³/mol. The molecule has 0 saturated carbocycles. The Labute approximate surface area is 163 Å². The number of ether oxygens (including phenoxy) is 2. The minimum Gasteiger partial charge on any atom is -0.497 e. The van der Waals surface area contributed by atoms with Gasteiger partial charge in [-0.2, -0.15) is 0 Å². The molecular weight excluding hydrogens is 360 g/mol. The Bertz CT molecular complexity index is 851. The molecule has 1 aliphatic heterocycles. The first-order valence-corrected chi connectivity index (χ1v) is 9.03. The lowest BCUT2D eigenvalue weighted by Crippen LogP contribution is -2.52. The van der Waals surface area contributed by atoms with Crippen molar-refractivity contribution in [1.82, 2.24) is 10.4 Å². The van der Waals surface area contributed by atoms with Crippen LogP contribution in [0.3, 0.4) is 0 Å². The molecule has 0 spiro atoms. The van der Waals surface area contributed by atoms with Gasteiger partial charge in [0.2, 0.25) is 5.91 Å². The van der Waals surface area contributed by atoms with Gasteiger partial charge in [0.1, 0.15) is 5.75 Å². The third-order valence-electron chi connectivity index (χ3n) is 4.65. The normalized spacial score (nSPS) is 18.6.